The second-order valence-electron chi connectivity index (χ2n) is 12.0. The van der Waals surface area contributed by atoms with Crippen LogP contribution in [-0.2, 0) is 6.54 Å². The molecule has 0 aliphatic carbocycles. The molecule has 0 saturated carbocycles. The molecule has 0 unspecified atom stereocenters. The van der Waals surface area contributed by atoms with Crippen LogP contribution in [-0.4, -0.2) is 15.0 Å². The molecule has 0 radical (unpaired) electrons. The number of hydrogen-bond donors (Lipinski definition) is 0. The van der Waals surface area contributed by atoms with E-state index in [1.165, 1.54) is 10.8 Å². The Kier molecular flexibility index (Phi) is 6.79. The standard InChI is InChI=1S/C43H29N5/c1-3-11-29(12-4-1)28-48-43(46-42(47-48)33-14-5-2-6-15-33)35-18-9-17-34(27-35)38-25-23-31-21-22-32-24-26-39(45-41(32)40(31)44-38)37-20-10-16-30-13-7-8-19-36(30)37/h1-27H,28H2. The van der Waals surface area contributed by atoms with Gasteiger partial charge in [-0.3, -0.25) is 9.78 Å². The largest absolute Gasteiger partial charge is 0.397 e. The summed E-state index contributed by atoms with van der Waals surface area (Å²) in [5.41, 5.74) is 8.85. The second-order valence-corrected chi connectivity index (χ2v) is 12.0. The van der Waals surface area contributed by atoms with E-state index in [0.29, 0.717) is 12.4 Å². The van der Waals surface area contributed by atoms with Gasteiger partial charge in [-0.25, -0.2) is 9.97 Å². The molecule has 0 spiro atoms. The van der Waals surface area contributed by atoms with Crippen molar-refractivity contribution in [2.24, 2.45) is 0 Å². The third kappa shape index (κ3) is 5.08. The quantitative estimate of drug-likeness (QED) is 0.138. The van der Waals surface area contributed by atoms with Gasteiger partial charge in [0.1, 0.15) is 12.4 Å². The van der Waals surface area contributed by atoms with Crippen molar-refractivity contribution in [3.05, 3.63) is 169 Å². The van der Waals surface area contributed by atoms with Gasteiger partial charge in [0.25, 0.3) is 0 Å². The smallest absolute Gasteiger partial charge is 0.126 e. The predicted molar refractivity (Wildman–Crippen MR) is 193 cm³/mol. The molecule has 0 amide bonds. The molecule has 226 valence electrons. The maximum absolute atomic E-state index is 5.24. The highest BCUT2D eigenvalue weighted by Crippen LogP contribution is 2.32. The Hall–Kier alpha value is -6.46. The number of rotatable bonds is 6. The van der Waals surface area contributed by atoms with Gasteiger partial charge in [-0.05, 0) is 45.9 Å². The highest BCUT2D eigenvalue weighted by Gasteiger charge is 2.13. The van der Waals surface area contributed by atoms with Crippen molar-refractivity contribution in [1.82, 2.24) is 20.1 Å². The van der Waals surface area contributed by atoms with Crippen LogP contribution in [0.25, 0.3) is 77.9 Å². The molecule has 0 fully saturated rings. The molecule has 3 heterocycles. The number of pyridine rings is 2. The Morgan fingerprint density at radius 3 is 1.88 bits per heavy atom. The summed E-state index contributed by atoms with van der Waals surface area (Å²) in [4.78, 5) is 15.5. The van der Waals surface area contributed by atoms with E-state index in [4.69, 9.17) is 20.1 Å². The molecular weight excluding hydrogens is 587 g/mol. The van der Waals surface area contributed by atoms with Crippen molar-refractivity contribution in [2.75, 3.05) is 0 Å². The number of aromatic nitrogens is 5. The van der Waals surface area contributed by atoms with E-state index in [2.05, 4.69) is 127 Å². The second kappa shape index (κ2) is 11.7. The molecule has 0 atom stereocenters. The summed E-state index contributed by atoms with van der Waals surface area (Å²) < 4.78 is 2.00. The Morgan fingerprint density at radius 1 is 0.458 bits per heavy atom. The molecule has 0 N–H and O–H groups in total. The number of nitrogens with zero attached hydrogens (tertiary/aromatic N) is 5. The van der Waals surface area contributed by atoms with Crippen LogP contribution in [0, 0.1) is 0 Å². The Labute approximate surface area is 277 Å². The molecule has 5 nitrogen and oxygen atoms in total. The third-order valence-corrected chi connectivity index (χ3v) is 8.88. The summed E-state index contributed by atoms with van der Waals surface area (Å²) >= 11 is 0. The topological polar surface area (TPSA) is 56.7 Å². The van der Waals surface area contributed by atoms with Crippen molar-refractivity contribution in [3.63, 3.8) is 0 Å². The Balaban J connectivity index is 1.15. The fourth-order valence-electron chi connectivity index (χ4n) is 6.48. The fraction of sp³-hybridized carbons (Fsp3) is 0.0233. The first kappa shape index (κ1) is 27.8. The summed E-state index contributed by atoms with van der Waals surface area (Å²) in [6, 6.07) is 56.5. The van der Waals surface area contributed by atoms with Crippen LogP contribution < -0.4 is 9.78 Å². The normalized spacial score (nSPS) is 11.4. The van der Waals surface area contributed by atoms with Gasteiger partial charge < -0.3 is 4.98 Å². The molecule has 0 aliphatic rings. The number of benzene rings is 6. The molecule has 9 rings (SSSR count). The van der Waals surface area contributed by atoms with Gasteiger partial charge >= 0.3 is 0 Å². The number of hydrogen-bond acceptors (Lipinski definition) is 3. The SMILES string of the molecule is c1ccc(C[n+]2[n-]c(-c3ccccc3)nc2-c2cccc(-c3ccc4ccc5ccc(-c6cccc7ccccc67)nc5c4n3)c2)cc1. The van der Waals surface area contributed by atoms with E-state index in [1.807, 2.05) is 41.1 Å². The monoisotopic (exact) mass is 615 g/mol. The summed E-state index contributed by atoms with van der Waals surface area (Å²) in [7, 11) is 0. The van der Waals surface area contributed by atoms with Crippen LogP contribution in [0.2, 0.25) is 0 Å². The predicted octanol–water partition coefficient (Wildman–Crippen LogP) is 9.29. The zero-order chi connectivity index (χ0) is 31.9. The molecule has 0 bridgehead atoms. The van der Waals surface area contributed by atoms with Crippen molar-refractivity contribution < 1.29 is 4.68 Å². The lowest BCUT2D eigenvalue weighted by Crippen LogP contribution is -2.40. The molecule has 9 aromatic rings. The highest BCUT2D eigenvalue weighted by atomic mass is 15.3. The maximum atomic E-state index is 5.24. The van der Waals surface area contributed by atoms with Gasteiger partial charge in [-0.2, -0.15) is 0 Å². The number of fused-ring (bicyclic) bond motifs is 4. The molecule has 6 aromatic carbocycles. The van der Waals surface area contributed by atoms with Crippen LogP contribution in [0.5, 0.6) is 0 Å². The van der Waals surface area contributed by atoms with Gasteiger partial charge in [-0.1, -0.05) is 146 Å². The van der Waals surface area contributed by atoms with Crippen molar-refractivity contribution in [3.8, 4) is 45.3 Å². The first-order valence-electron chi connectivity index (χ1n) is 16.1. The van der Waals surface area contributed by atoms with E-state index in [9.17, 15) is 0 Å². The zero-order valence-corrected chi connectivity index (χ0v) is 26.0. The fourth-order valence-corrected chi connectivity index (χ4v) is 6.48. The average Bonchev–Trinajstić information content (AvgIpc) is 3.58. The van der Waals surface area contributed by atoms with E-state index >= 15 is 0 Å². The first-order chi connectivity index (χ1) is 23.8. The van der Waals surface area contributed by atoms with Gasteiger partial charge in [0.2, 0.25) is 0 Å². The minimum atomic E-state index is 0.616. The third-order valence-electron chi connectivity index (χ3n) is 8.88. The lowest BCUT2D eigenvalue weighted by atomic mass is 10.0. The van der Waals surface area contributed by atoms with Gasteiger partial charge in [0, 0.05) is 27.5 Å². The molecule has 5 heteroatoms. The van der Waals surface area contributed by atoms with Gasteiger partial charge in [0.05, 0.1) is 22.4 Å². The van der Waals surface area contributed by atoms with Crippen molar-refractivity contribution in [1.29, 1.82) is 0 Å². The minimum absolute atomic E-state index is 0.616. The first-order valence-corrected chi connectivity index (χ1v) is 16.1. The van der Waals surface area contributed by atoms with Crippen LogP contribution in [0.4, 0.5) is 0 Å². The molecule has 0 aliphatic heterocycles. The molecule has 3 aromatic heterocycles. The summed E-state index contributed by atoms with van der Waals surface area (Å²) in [5.74, 6) is 1.52. The van der Waals surface area contributed by atoms with E-state index in [0.717, 1.165) is 66.8 Å². The van der Waals surface area contributed by atoms with E-state index in [-0.39, 0.29) is 0 Å². The lowest BCUT2D eigenvalue weighted by molar-refractivity contribution is -0.737. The maximum Gasteiger partial charge on any atom is 0.126 e. The molecule has 0 saturated heterocycles. The molecule has 48 heavy (non-hydrogen) atoms. The van der Waals surface area contributed by atoms with Crippen LogP contribution in [0.1, 0.15) is 5.56 Å². The molecular formula is C43H29N5. The lowest BCUT2D eigenvalue weighted by Gasteiger charge is -2.11. The summed E-state index contributed by atoms with van der Waals surface area (Å²) in [6.07, 6.45) is 0. The van der Waals surface area contributed by atoms with Crippen LogP contribution in [0.3, 0.4) is 0 Å². The Bertz CT molecular complexity index is 2580. The van der Waals surface area contributed by atoms with Crippen molar-refractivity contribution in [2.45, 2.75) is 6.54 Å². The summed E-state index contributed by atoms with van der Waals surface area (Å²) in [5, 5.41) is 9.47. The van der Waals surface area contributed by atoms with Gasteiger partial charge in [-0.15, -0.1) is 0 Å². The minimum Gasteiger partial charge on any atom is -0.397 e. The van der Waals surface area contributed by atoms with Crippen molar-refractivity contribution >= 4 is 32.6 Å². The Morgan fingerprint density at radius 2 is 1.06 bits per heavy atom. The average molecular weight is 616 g/mol. The highest BCUT2D eigenvalue weighted by molar-refractivity contribution is 6.05. The van der Waals surface area contributed by atoms with E-state index < -0.39 is 0 Å². The van der Waals surface area contributed by atoms with Gasteiger partial charge in [0.15, 0.2) is 0 Å². The zero-order valence-electron chi connectivity index (χ0n) is 26.0. The van der Waals surface area contributed by atoms with E-state index in [1.54, 1.807) is 0 Å². The van der Waals surface area contributed by atoms with Crippen LogP contribution >= 0.6 is 0 Å². The van der Waals surface area contributed by atoms with Crippen LogP contribution in [0.15, 0.2) is 164 Å². The summed E-state index contributed by atoms with van der Waals surface area (Å²) in [6.45, 7) is 0.616.